The summed E-state index contributed by atoms with van der Waals surface area (Å²) in [4.78, 5) is 6.12. The van der Waals surface area contributed by atoms with Gasteiger partial charge in [-0.25, -0.2) is 18.4 Å². The highest BCUT2D eigenvalue weighted by Crippen LogP contribution is 2.35. The fourth-order valence-electron chi connectivity index (χ4n) is 3.12. The van der Waals surface area contributed by atoms with Crippen LogP contribution in [0.4, 0.5) is 8.78 Å². The van der Waals surface area contributed by atoms with Gasteiger partial charge in [-0.2, -0.15) is 5.10 Å². The smallest absolute Gasteiger partial charge is 0.137 e. The van der Waals surface area contributed by atoms with Crippen LogP contribution in [0.2, 0.25) is 0 Å². The molecule has 1 aliphatic rings. The van der Waals surface area contributed by atoms with Gasteiger partial charge in [0.25, 0.3) is 0 Å². The molecular weight excluding hydrogens is 316 g/mol. The Hall–Kier alpha value is -1.90. The summed E-state index contributed by atoms with van der Waals surface area (Å²) < 4.78 is 29.0. The topological polar surface area (TPSA) is 66.2 Å². The van der Waals surface area contributed by atoms with E-state index < -0.39 is 23.3 Å². The lowest BCUT2D eigenvalue weighted by atomic mass is 9.87. The van der Waals surface area contributed by atoms with Crippen LogP contribution in [0.15, 0.2) is 30.9 Å². The van der Waals surface area contributed by atoms with Crippen molar-refractivity contribution in [3.63, 3.8) is 0 Å². The average molecular weight is 337 g/mol. The Kier molecular flexibility index (Phi) is 4.88. The van der Waals surface area contributed by atoms with E-state index in [1.165, 1.54) is 30.3 Å². The molecule has 2 N–H and O–H groups in total. The summed E-state index contributed by atoms with van der Waals surface area (Å²) in [7, 11) is 0. The first-order valence-corrected chi connectivity index (χ1v) is 7.93. The fourth-order valence-corrected chi connectivity index (χ4v) is 3.12. The number of rotatable bonds is 5. The standard InChI is InChI=1S/C16H21F2N5O/c1-16(24,13-3-2-12(17)8-14(13)18)15(23-11-20-10-21-23)9-22-6-4-19-5-7-22/h2-3,8,10-11,15,19,24H,4-7,9H2,1H3. The molecule has 2 heterocycles. The molecule has 1 aliphatic heterocycles. The van der Waals surface area contributed by atoms with Crippen LogP contribution in [-0.2, 0) is 5.60 Å². The summed E-state index contributed by atoms with van der Waals surface area (Å²) in [6.07, 6.45) is 2.88. The van der Waals surface area contributed by atoms with E-state index >= 15 is 0 Å². The molecule has 0 aliphatic carbocycles. The normalized spacial score (nSPS) is 19.8. The molecule has 2 unspecified atom stereocenters. The fraction of sp³-hybridized carbons (Fsp3) is 0.500. The molecule has 2 atom stereocenters. The first kappa shape index (κ1) is 16.9. The third-order valence-electron chi connectivity index (χ3n) is 4.52. The molecular formula is C16H21F2N5O. The summed E-state index contributed by atoms with van der Waals surface area (Å²) in [5, 5.41) is 18.5. The van der Waals surface area contributed by atoms with Crippen molar-refractivity contribution < 1.29 is 13.9 Å². The van der Waals surface area contributed by atoms with Gasteiger partial charge in [-0.3, -0.25) is 4.90 Å². The van der Waals surface area contributed by atoms with Crippen LogP contribution in [0.3, 0.4) is 0 Å². The summed E-state index contributed by atoms with van der Waals surface area (Å²) in [6.45, 7) is 5.38. The minimum Gasteiger partial charge on any atom is -0.383 e. The highest BCUT2D eigenvalue weighted by atomic mass is 19.1. The number of benzene rings is 1. The van der Waals surface area contributed by atoms with Gasteiger partial charge in [0.15, 0.2) is 0 Å². The van der Waals surface area contributed by atoms with Crippen molar-refractivity contribution in [3.05, 3.63) is 48.1 Å². The second-order valence-corrected chi connectivity index (χ2v) is 6.21. The minimum atomic E-state index is -1.57. The number of nitrogens with zero attached hydrogens (tertiary/aromatic N) is 4. The molecule has 8 heteroatoms. The monoisotopic (exact) mass is 337 g/mol. The van der Waals surface area contributed by atoms with E-state index in [1.807, 2.05) is 0 Å². The Morgan fingerprint density at radius 3 is 2.71 bits per heavy atom. The highest BCUT2D eigenvalue weighted by Gasteiger charge is 2.39. The SMILES string of the molecule is CC(O)(c1ccc(F)cc1F)C(CN1CCNCC1)n1cncn1. The molecule has 0 bridgehead atoms. The number of piperazine rings is 1. The van der Waals surface area contributed by atoms with Crippen LogP contribution >= 0.6 is 0 Å². The summed E-state index contributed by atoms with van der Waals surface area (Å²) in [6, 6.07) is 2.66. The second-order valence-electron chi connectivity index (χ2n) is 6.21. The van der Waals surface area contributed by atoms with E-state index in [-0.39, 0.29) is 5.56 Å². The van der Waals surface area contributed by atoms with Crippen LogP contribution in [0.1, 0.15) is 18.5 Å². The zero-order chi connectivity index (χ0) is 17.2. The molecule has 1 aromatic carbocycles. The van der Waals surface area contributed by atoms with Gasteiger partial charge in [-0.05, 0) is 13.0 Å². The molecule has 2 aromatic rings. The minimum absolute atomic E-state index is 0.0412. The maximum absolute atomic E-state index is 14.3. The van der Waals surface area contributed by atoms with Crippen LogP contribution < -0.4 is 5.32 Å². The van der Waals surface area contributed by atoms with Crippen LogP contribution in [-0.4, -0.2) is 57.5 Å². The van der Waals surface area contributed by atoms with Crippen molar-refractivity contribution in [1.82, 2.24) is 25.0 Å². The van der Waals surface area contributed by atoms with Crippen LogP contribution in [0.25, 0.3) is 0 Å². The predicted octanol–water partition coefficient (Wildman–Crippen LogP) is 0.910. The van der Waals surface area contributed by atoms with Crippen molar-refractivity contribution in [2.24, 2.45) is 0 Å². The lowest BCUT2D eigenvalue weighted by molar-refractivity contribution is -0.0228. The zero-order valence-electron chi connectivity index (χ0n) is 13.5. The third kappa shape index (κ3) is 3.45. The molecule has 1 saturated heterocycles. The van der Waals surface area contributed by atoms with Crippen molar-refractivity contribution in [2.75, 3.05) is 32.7 Å². The molecule has 0 spiro atoms. The van der Waals surface area contributed by atoms with Crippen molar-refractivity contribution in [3.8, 4) is 0 Å². The number of hydrogen-bond donors (Lipinski definition) is 2. The lowest BCUT2D eigenvalue weighted by Gasteiger charge is -2.38. The van der Waals surface area contributed by atoms with E-state index in [9.17, 15) is 13.9 Å². The van der Waals surface area contributed by atoms with Gasteiger partial charge in [0, 0.05) is 44.4 Å². The molecule has 24 heavy (non-hydrogen) atoms. The maximum Gasteiger partial charge on any atom is 0.137 e. The average Bonchev–Trinajstić information content (AvgIpc) is 3.07. The number of aliphatic hydroxyl groups is 1. The van der Waals surface area contributed by atoms with E-state index in [0.717, 1.165) is 38.3 Å². The van der Waals surface area contributed by atoms with Gasteiger partial charge in [0.05, 0.1) is 6.04 Å². The van der Waals surface area contributed by atoms with Gasteiger partial charge < -0.3 is 10.4 Å². The predicted molar refractivity (Wildman–Crippen MR) is 84.3 cm³/mol. The van der Waals surface area contributed by atoms with Gasteiger partial charge in [-0.1, -0.05) is 6.07 Å². The molecule has 0 radical (unpaired) electrons. The molecule has 6 nitrogen and oxygen atoms in total. The molecule has 1 fully saturated rings. The van der Waals surface area contributed by atoms with Gasteiger partial charge in [0.1, 0.15) is 29.9 Å². The second kappa shape index (κ2) is 6.92. The summed E-state index contributed by atoms with van der Waals surface area (Å²) >= 11 is 0. The van der Waals surface area contributed by atoms with Crippen molar-refractivity contribution in [2.45, 2.75) is 18.6 Å². The third-order valence-corrected chi connectivity index (χ3v) is 4.52. The Bertz CT molecular complexity index is 671. The van der Waals surface area contributed by atoms with E-state index in [4.69, 9.17) is 0 Å². The molecule has 1 aromatic heterocycles. The van der Waals surface area contributed by atoms with E-state index in [0.29, 0.717) is 6.54 Å². The summed E-state index contributed by atoms with van der Waals surface area (Å²) in [5.41, 5.74) is -1.53. The van der Waals surface area contributed by atoms with E-state index in [2.05, 4.69) is 20.3 Å². The van der Waals surface area contributed by atoms with Crippen LogP contribution in [0, 0.1) is 11.6 Å². The van der Waals surface area contributed by atoms with Gasteiger partial charge in [-0.15, -0.1) is 0 Å². The molecule has 3 rings (SSSR count). The van der Waals surface area contributed by atoms with Gasteiger partial charge in [0.2, 0.25) is 0 Å². The molecule has 0 saturated carbocycles. The largest absolute Gasteiger partial charge is 0.383 e. The van der Waals surface area contributed by atoms with Crippen molar-refractivity contribution in [1.29, 1.82) is 0 Å². The first-order chi connectivity index (χ1) is 11.5. The Morgan fingerprint density at radius 2 is 2.08 bits per heavy atom. The summed E-state index contributed by atoms with van der Waals surface area (Å²) in [5.74, 6) is -1.45. The molecule has 0 amide bonds. The Balaban J connectivity index is 1.93. The highest BCUT2D eigenvalue weighted by molar-refractivity contribution is 5.26. The number of halogens is 2. The quantitative estimate of drug-likeness (QED) is 0.849. The maximum atomic E-state index is 14.3. The lowest BCUT2D eigenvalue weighted by Crippen LogP contribution is -2.49. The van der Waals surface area contributed by atoms with Crippen LogP contribution in [0.5, 0.6) is 0 Å². The Labute approximate surface area is 139 Å². The first-order valence-electron chi connectivity index (χ1n) is 7.93. The number of aromatic nitrogens is 3. The van der Waals surface area contributed by atoms with E-state index in [1.54, 1.807) is 0 Å². The molecule has 130 valence electrons. The number of nitrogens with one attached hydrogen (secondary N) is 1. The van der Waals surface area contributed by atoms with Crippen molar-refractivity contribution >= 4 is 0 Å². The number of hydrogen-bond acceptors (Lipinski definition) is 5. The zero-order valence-corrected chi connectivity index (χ0v) is 13.5. The Morgan fingerprint density at radius 1 is 1.33 bits per heavy atom. The van der Waals surface area contributed by atoms with Gasteiger partial charge >= 0.3 is 0 Å².